The molecule has 0 aromatic heterocycles. The maximum absolute atomic E-state index is 5.28. The number of hydrogen-bond donors (Lipinski definition) is 0. The standard InChI is InChI=1S/C7H15NO/c1-7(8(2)3)4-5-9-6-7/h4-6H2,1-3H3/t7-/m1/s1. The fourth-order valence-electron chi connectivity index (χ4n) is 1.01. The molecule has 2 nitrogen and oxygen atoms in total. The molecule has 0 unspecified atom stereocenters. The van der Waals surface area contributed by atoms with Gasteiger partial charge in [-0.05, 0) is 27.4 Å². The third-order valence-electron chi connectivity index (χ3n) is 2.28. The van der Waals surface area contributed by atoms with Crippen LogP contribution in [0.5, 0.6) is 0 Å². The zero-order valence-electron chi connectivity index (χ0n) is 6.48. The quantitative estimate of drug-likeness (QED) is 0.517. The molecule has 0 spiro atoms. The average Bonchev–Trinajstić information content (AvgIpc) is 2.16. The summed E-state index contributed by atoms with van der Waals surface area (Å²) in [6, 6.07) is 0. The summed E-state index contributed by atoms with van der Waals surface area (Å²) in [5, 5.41) is 0. The van der Waals surface area contributed by atoms with Crippen LogP contribution in [0.15, 0.2) is 0 Å². The summed E-state index contributed by atoms with van der Waals surface area (Å²) in [6.07, 6.45) is 1.17. The Hall–Kier alpha value is -0.0800. The van der Waals surface area contributed by atoms with Gasteiger partial charge in [-0.1, -0.05) is 0 Å². The Bertz CT molecular complexity index is 95.1. The molecule has 1 aliphatic heterocycles. The number of likely N-dealkylation sites (N-methyl/N-ethyl adjacent to an activating group) is 1. The van der Waals surface area contributed by atoms with E-state index >= 15 is 0 Å². The van der Waals surface area contributed by atoms with E-state index in [1.807, 2.05) is 0 Å². The largest absolute Gasteiger partial charge is 0.379 e. The van der Waals surface area contributed by atoms with Crippen molar-refractivity contribution in [1.29, 1.82) is 0 Å². The van der Waals surface area contributed by atoms with E-state index in [9.17, 15) is 0 Å². The van der Waals surface area contributed by atoms with Gasteiger partial charge in [-0.15, -0.1) is 0 Å². The molecule has 1 heterocycles. The minimum atomic E-state index is 0.306. The van der Waals surface area contributed by atoms with E-state index in [0.717, 1.165) is 13.2 Å². The lowest BCUT2D eigenvalue weighted by Gasteiger charge is -2.29. The molecule has 0 bridgehead atoms. The molecule has 0 aliphatic carbocycles. The molecule has 2 heteroatoms. The number of ether oxygens (including phenoxy) is 1. The molecule has 1 fully saturated rings. The third-order valence-corrected chi connectivity index (χ3v) is 2.28. The Morgan fingerprint density at radius 3 is 2.33 bits per heavy atom. The summed E-state index contributed by atoms with van der Waals surface area (Å²) in [7, 11) is 4.21. The van der Waals surface area contributed by atoms with Crippen LogP contribution in [-0.2, 0) is 4.74 Å². The molecule has 1 atom stereocenters. The predicted molar refractivity (Wildman–Crippen MR) is 37.5 cm³/mol. The first-order valence-electron chi connectivity index (χ1n) is 3.40. The van der Waals surface area contributed by atoms with Gasteiger partial charge in [0.25, 0.3) is 0 Å². The number of nitrogens with zero attached hydrogens (tertiary/aromatic N) is 1. The predicted octanol–water partition coefficient (Wildman–Crippen LogP) is 0.727. The molecule has 1 rings (SSSR count). The van der Waals surface area contributed by atoms with Gasteiger partial charge in [0.1, 0.15) is 0 Å². The van der Waals surface area contributed by atoms with E-state index in [1.165, 1.54) is 6.42 Å². The molecule has 1 saturated heterocycles. The van der Waals surface area contributed by atoms with Crippen molar-refractivity contribution in [3.63, 3.8) is 0 Å². The van der Waals surface area contributed by atoms with Crippen LogP contribution in [0.3, 0.4) is 0 Å². The first kappa shape index (κ1) is 7.03. The number of hydrogen-bond acceptors (Lipinski definition) is 2. The molecule has 1 aliphatic rings. The van der Waals surface area contributed by atoms with Gasteiger partial charge < -0.3 is 9.64 Å². The van der Waals surface area contributed by atoms with E-state index < -0.39 is 0 Å². The fraction of sp³-hybridized carbons (Fsp3) is 1.00. The van der Waals surface area contributed by atoms with Gasteiger partial charge in [0.05, 0.1) is 6.61 Å². The average molecular weight is 129 g/mol. The van der Waals surface area contributed by atoms with Gasteiger partial charge in [0, 0.05) is 12.1 Å². The molecule has 0 aromatic carbocycles. The summed E-state index contributed by atoms with van der Waals surface area (Å²) < 4.78 is 5.28. The van der Waals surface area contributed by atoms with Crippen LogP contribution in [0.2, 0.25) is 0 Å². The minimum Gasteiger partial charge on any atom is -0.379 e. The van der Waals surface area contributed by atoms with E-state index in [4.69, 9.17) is 4.74 Å². The lowest BCUT2D eigenvalue weighted by molar-refractivity contribution is 0.121. The minimum absolute atomic E-state index is 0.306. The van der Waals surface area contributed by atoms with Crippen molar-refractivity contribution in [1.82, 2.24) is 4.90 Å². The van der Waals surface area contributed by atoms with Crippen LogP contribution in [0.4, 0.5) is 0 Å². The molecule has 0 N–H and O–H groups in total. The number of rotatable bonds is 1. The van der Waals surface area contributed by atoms with E-state index in [-0.39, 0.29) is 0 Å². The zero-order chi connectivity index (χ0) is 6.91. The van der Waals surface area contributed by atoms with Crippen LogP contribution in [-0.4, -0.2) is 37.7 Å². The first-order chi connectivity index (χ1) is 4.15. The van der Waals surface area contributed by atoms with Gasteiger partial charge in [-0.3, -0.25) is 0 Å². The first-order valence-corrected chi connectivity index (χ1v) is 3.40. The topological polar surface area (TPSA) is 12.5 Å². The second-order valence-corrected chi connectivity index (χ2v) is 3.19. The summed E-state index contributed by atoms with van der Waals surface area (Å²) in [4.78, 5) is 2.24. The Balaban J connectivity index is 2.51. The highest BCUT2D eigenvalue weighted by Gasteiger charge is 2.31. The maximum Gasteiger partial charge on any atom is 0.0648 e. The lowest BCUT2D eigenvalue weighted by Crippen LogP contribution is -2.41. The van der Waals surface area contributed by atoms with Gasteiger partial charge in [0.2, 0.25) is 0 Å². The van der Waals surface area contributed by atoms with Crippen LogP contribution >= 0.6 is 0 Å². The summed E-state index contributed by atoms with van der Waals surface area (Å²) in [6.45, 7) is 4.05. The van der Waals surface area contributed by atoms with Crippen LogP contribution < -0.4 is 0 Å². The summed E-state index contributed by atoms with van der Waals surface area (Å²) in [5.41, 5.74) is 0.306. The second-order valence-electron chi connectivity index (χ2n) is 3.19. The van der Waals surface area contributed by atoms with Gasteiger partial charge in [0.15, 0.2) is 0 Å². The van der Waals surface area contributed by atoms with Crippen molar-refractivity contribution >= 4 is 0 Å². The van der Waals surface area contributed by atoms with Crippen molar-refractivity contribution in [2.45, 2.75) is 18.9 Å². The molecule has 0 amide bonds. The lowest BCUT2D eigenvalue weighted by atomic mass is 10.0. The van der Waals surface area contributed by atoms with Crippen LogP contribution in [0, 0.1) is 0 Å². The van der Waals surface area contributed by atoms with Crippen molar-refractivity contribution in [2.75, 3.05) is 27.3 Å². The third kappa shape index (κ3) is 1.25. The van der Waals surface area contributed by atoms with Gasteiger partial charge in [-0.25, -0.2) is 0 Å². The summed E-state index contributed by atoms with van der Waals surface area (Å²) in [5.74, 6) is 0. The maximum atomic E-state index is 5.28. The fourth-order valence-corrected chi connectivity index (χ4v) is 1.01. The molecular formula is C7H15NO. The van der Waals surface area contributed by atoms with Crippen molar-refractivity contribution in [2.24, 2.45) is 0 Å². The van der Waals surface area contributed by atoms with Crippen molar-refractivity contribution in [3.05, 3.63) is 0 Å². The Kier molecular flexibility index (Phi) is 1.78. The highest BCUT2D eigenvalue weighted by Crippen LogP contribution is 2.22. The second kappa shape index (κ2) is 2.27. The Morgan fingerprint density at radius 2 is 2.11 bits per heavy atom. The monoisotopic (exact) mass is 129 g/mol. The van der Waals surface area contributed by atoms with E-state index in [0.29, 0.717) is 5.54 Å². The molecule has 0 aromatic rings. The SMILES string of the molecule is CN(C)[C@]1(C)CCOC1. The van der Waals surface area contributed by atoms with Crippen LogP contribution in [0.1, 0.15) is 13.3 Å². The van der Waals surface area contributed by atoms with Gasteiger partial charge in [-0.2, -0.15) is 0 Å². The van der Waals surface area contributed by atoms with Crippen molar-refractivity contribution < 1.29 is 4.74 Å². The summed E-state index contributed by atoms with van der Waals surface area (Å²) >= 11 is 0. The van der Waals surface area contributed by atoms with Crippen molar-refractivity contribution in [3.8, 4) is 0 Å². The van der Waals surface area contributed by atoms with Gasteiger partial charge >= 0.3 is 0 Å². The Morgan fingerprint density at radius 1 is 1.44 bits per heavy atom. The molecule has 0 radical (unpaired) electrons. The Labute approximate surface area is 56.8 Å². The highest BCUT2D eigenvalue weighted by atomic mass is 16.5. The smallest absolute Gasteiger partial charge is 0.0648 e. The highest BCUT2D eigenvalue weighted by molar-refractivity contribution is 4.86. The van der Waals surface area contributed by atoms with E-state index in [2.05, 4.69) is 25.9 Å². The molecule has 54 valence electrons. The van der Waals surface area contributed by atoms with Crippen LogP contribution in [0.25, 0.3) is 0 Å². The van der Waals surface area contributed by atoms with E-state index in [1.54, 1.807) is 0 Å². The molecular weight excluding hydrogens is 114 g/mol. The normalized spacial score (nSPS) is 36.0. The molecule has 0 saturated carbocycles. The molecule has 9 heavy (non-hydrogen) atoms. The zero-order valence-corrected chi connectivity index (χ0v) is 6.48.